The molecule has 0 aromatic carbocycles. The van der Waals surface area contributed by atoms with Gasteiger partial charge in [0.2, 0.25) is 0 Å². The summed E-state index contributed by atoms with van der Waals surface area (Å²) in [6.07, 6.45) is 1.82. The minimum Gasteiger partial charge on any atom is -0.465 e. The second-order valence-corrected chi connectivity index (χ2v) is 2.77. The first-order chi connectivity index (χ1) is 4.75. The van der Waals surface area contributed by atoms with Gasteiger partial charge in [0.1, 0.15) is 0 Å². The Hall–Kier alpha value is -0.530. The molecule has 0 saturated heterocycles. The van der Waals surface area contributed by atoms with Crippen molar-refractivity contribution in [3.8, 4) is 0 Å². The standard InChI is InChI=1S/C8H13O2/c1-3-4-10-8(9)7-5-6(7)2/h6-7H,2-5H2,1H3. The second-order valence-electron chi connectivity index (χ2n) is 2.77. The first-order valence-corrected chi connectivity index (χ1v) is 3.75. The van der Waals surface area contributed by atoms with Gasteiger partial charge in [0.25, 0.3) is 0 Å². The maximum atomic E-state index is 10.9. The lowest BCUT2D eigenvalue weighted by Crippen LogP contribution is -2.07. The van der Waals surface area contributed by atoms with Gasteiger partial charge in [-0.3, -0.25) is 4.79 Å². The summed E-state index contributed by atoms with van der Waals surface area (Å²) in [6, 6.07) is 0. The summed E-state index contributed by atoms with van der Waals surface area (Å²) in [7, 11) is 0. The number of rotatable bonds is 3. The quantitative estimate of drug-likeness (QED) is 0.555. The fourth-order valence-corrected chi connectivity index (χ4v) is 0.846. The molecule has 0 bridgehead atoms. The van der Waals surface area contributed by atoms with Gasteiger partial charge in [-0.2, -0.15) is 0 Å². The van der Waals surface area contributed by atoms with Gasteiger partial charge < -0.3 is 4.74 Å². The van der Waals surface area contributed by atoms with Crippen LogP contribution >= 0.6 is 0 Å². The molecule has 0 N–H and O–H groups in total. The average Bonchev–Trinajstić information content (AvgIpc) is 2.62. The van der Waals surface area contributed by atoms with E-state index in [1.165, 1.54) is 0 Å². The summed E-state index contributed by atoms with van der Waals surface area (Å²) in [5.41, 5.74) is 0. The predicted octanol–water partition coefficient (Wildman–Crippen LogP) is 1.41. The maximum absolute atomic E-state index is 10.9. The lowest BCUT2D eigenvalue weighted by Gasteiger charge is -1.99. The normalized spacial score (nSPS) is 29.8. The van der Waals surface area contributed by atoms with E-state index in [1.807, 2.05) is 6.92 Å². The Bertz CT molecular complexity index is 131. The summed E-state index contributed by atoms with van der Waals surface area (Å²) in [6.45, 7) is 6.31. The Balaban J connectivity index is 2.11. The minimum absolute atomic E-state index is 0.0538. The molecule has 2 atom stereocenters. The third-order valence-electron chi connectivity index (χ3n) is 1.67. The van der Waals surface area contributed by atoms with Crippen molar-refractivity contribution >= 4 is 5.97 Å². The van der Waals surface area contributed by atoms with E-state index >= 15 is 0 Å². The molecule has 0 aromatic heterocycles. The van der Waals surface area contributed by atoms with E-state index in [2.05, 4.69) is 6.92 Å². The van der Waals surface area contributed by atoms with Crippen LogP contribution in [-0.4, -0.2) is 12.6 Å². The monoisotopic (exact) mass is 141 g/mol. The highest BCUT2D eigenvalue weighted by atomic mass is 16.5. The third-order valence-corrected chi connectivity index (χ3v) is 1.67. The van der Waals surface area contributed by atoms with Crippen LogP contribution in [0.15, 0.2) is 0 Å². The minimum atomic E-state index is -0.0538. The topological polar surface area (TPSA) is 26.3 Å². The van der Waals surface area contributed by atoms with E-state index in [1.54, 1.807) is 0 Å². The Labute approximate surface area is 61.6 Å². The Morgan fingerprint density at radius 2 is 2.40 bits per heavy atom. The fourth-order valence-electron chi connectivity index (χ4n) is 0.846. The van der Waals surface area contributed by atoms with Gasteiger partial charge in [-0.05, 0) is 25.7 Å². The first kappa shape index (κ1) is 7.58. The summed E-state index contributed by atoms with van der Waals surface area (Å²) in [4.78, 5) is 10.9. The molecule has 1 radical (unpaired) electrons. The molecular weight excluding hydrogens is 128 g/mol. The lowest BCUT2D eigenvalue weighted by molar-refractivity contribution is -0.145. The zero-order valence-corrected chi connectivity index (χ0v) is 6.30. The van der Waals surface area contributed by atoms with Gasteiger partial charge in [-0.25, -0.2) is 0 Å². The molecule has 1 fully saturated rings. The van der Waals surface area contributed by atoms with Crippen molar-refractivity contribution in [2.75, 3.05) is 6.61 Å². The van der Waals surface area contributed by atoms with Crippen molar-refractivity contribution in [3.05, 3.63) is 6.92 Å². The molecule has 1 aliphatic carbocycles. The molecule has 0 heterocycles. The Morgan fingerprint density at radius 1 is 1.80 bits per heavy atom. The van der Waals surface area contributed by atoms with E-state index in [4.69, 9.17) is 4.74 Å². The van der Waals surface area contributed by atoms with E-state index in [0.29, 0.717) is 12.5 Å². The van der Waals surface area contributed by atoms with E-state index in [-0.39, 0.29) is 11.9 Å². The van der Waals surface area contributed by atoms with Crippen LogP contribution in [0.4, 0.5) is 0 Å². The third kappa shape index (κ3) is 1.72. The molecular formula is C8H13O2. The molecule has 0 amide bonds. The number of carbonyl (C=O) groups excluding carboxylic acids is 1. The van der Waals surface area contributed by atoms with Crippen molar-refractivity contribution in [1.29, 1.82) is 0 Å². The highest BCUT2D eigenvalue weighted by Crippen LogP contribution is 2.38. The molecule has 2 nitrogen and oxygen atoms in total. The summed E-state index contributed by atoms with van der Waals surface area (Å²) >= 11 is 0. The Morgan fingerprint density at radius 3 is 2.80 bits per heavy atom. The molecule has 0 aliphatic heterocycles. The van der Waals surface area contributed by atoms with Gasteiger partial charge in [0.15, 0.2) is 0 Å². The average molecular weight is 141 g/mol. The SMILES string of the molecule is [CH2]C1CC1C(=O)OCCC. The second kappa shape index (κ2) is 3.04. The van der Waals surface area contributed by atoms with Crippen LogP contribution in [0.3, 0.4) is 0 Å². The van der Waals surface area contributed by atoms with Crippen molar-refractivity contribution in [3.63, 3.8) is 0 Å². The number of hydrogen-bond acceptors (Lipinski definition) is 2. The van der Waals surface area contributed by atoms with Gasteiger partial charge in [-0.1, -0.05) is 6.92 Å². The number of ether oxygens (including phenoxy) is 1. The zero-order valence-electron chi connectivity index (χ0n) is 6.30. The molecule has 2 heteroatoms. The molecule has 0 spiro atoms. The maximum Gasteiger partial charge on any atom is 0.309 e. The highest BCUT2D eigenvalue weighted by molar-refractivity contribution is 5.75. The van der Waals surface area contributed by atoms with E-state index in [0.717, 1.165) is 12.8 Å². The molecule has 0 aromatic rings. The van der Waals surface area contributed by atoms with Crippen LogP contribution in [0.2, 0.25) is 0 Å². The first-order valence-electron chi connectivity index (χ1n) is 3.75. The van der Waals surface area contributed by atoms with Crippen molar-refractivity contribution in [2.45, 2.75) is 19.8 Å². The van der Waals surface area contributed by atoms with Crippen LogP contribution in [0.5, 0.6) is 0 Å². The van der Waals surface area contributed by atoms with Crippen LogP contribution in [0, 0.1) is 18.8 Å². The molecule has 57 valence electrons. The van der Waals surface area contributed by atoms with Crippen LogP contribution in [0.25, 0.3) is 0 Å². The van der Waals surface area contributed by atoms with Crippen LogP contribution in [-0.2, 0) is 9.53 Å². The number of hydrogen-bond donors (Lipinski definition) is 0. The van der Waals surface area contributed by atoms with E-state index in [9.17, 15) is 4.79 Å². The van der Waals surface area contributed by atoms with Gasteiger partial charge in [0, 0.05) is 0 Å². The predicted molar refractivity (Wildman–Crippen MR) is 38.2 cm³/mol. The smallest absolute Gasteiger partial charge is 0.309 e. The van der Waals surface area contributed by atoms with E-state index < -0.39 is 0 Å². The van der Waals surface area contributed by atoms with Gasteiger partial charge >= 0.3 is 5.97 Å². The van der Waals surface area contributed by atoms with Crippen molar-refractivity contribution in [1.82, 2.24) is 0 Å². The zero-order chi connectivity index (χ0) is 7.56. The van der Waals surface area contributed by atoms with Gasteiger partial charge in [-0.15, -0.1) is 0 Å². The summed E-state index contributed by atoms with van der Waals surface area (Å²) in [5.74, 6) is 0.387. The molecule has 2 unspecified atom stereocenters. The lowest BCUT2D eigenvalue weighted by atomic mass is 10.3. The van der Waals surface area contributed by atoms with Gasteiger partial charge in [0.05, 0.1) is 12.5 Å². The molecule has 1 rings (SSSR count). The Kier molecular flexibility index (Phi) is 2.30. The number of carbonyl (C=O) groups is 1. The summed E-state index contributed by atoms with van der Waals surface area (Å²) in [5, 5.41) is 0. The largest absolute Gasteiger partial charge is 0.465 e. The van der Waals surface area contributed by atoms with Crippen LogP contribution in [0.1, 0.15) is 19.8 Å². The van der Waals surface area contributed by atoms with Crippen molar-refractivity contribution < 1.29 is 9.53 Å². The van der Waals surface area contributed by atoms with Crippen LogP contribution < -0.4 is 0 Å². The summed E-state index contributed by atoms with van der Waals surface area (Å²) < 4.78 is 4.91. The van der Waals surface area contributed by atoms with Crippen molar-refractivity contribution in [2.24, 2.45) is 11.8 Å². The number of esters is 1. The highest BCUT2D eigenvalue weighted by Gasteiger charge is 2.40. The fraction of sp³-hybridized carbons (Fsp3) is 0.750. The molecule has 1 saturated carbocycles. The molecule has 10 heavy (non-hydrogen) atoms. The molecule has 1 aliphatic rings.